The zero-order chi connectivity index (χ0) is 18.7. The summed E-state index contributed by atoms with van der Waals surface area (Å²) in [7, 11) is 0. The average molecular weight is 370 g/mol. The van der Waals surface area contributed by atoms with Crippen molar-refractivity contribution >= 4 is 11.6 Å². The monoisotopic (exact) mass is 370 g/mol. The largest absolute Gasteiger partial charge is 0.347 e. The summed E-state index contributed by atoms with van der Waals surface area (Å²) >= 11 is 0. The molecule has 0 radical (unpaired) electrons. The molecule has 5 heteroatoms. The van der Waals surface area contributed by atoms with Gasteiger partial charge in [0.05, 0.1) is 13.2 Å². The summed E-state index contributed by atoms with van der Waals surface area (Å²) in [5.74, 6) is -0.0173. The number of likely N-dealkylation sites (tertiary alicyclic amines) is 1. The summed E-state index contributed by atoms with van der Waals surface area (Å²) in [5, 5.41) is 0. The maximum atomic E-state index is 12.6. The molecule has 4 rings (SSSR count). The van der Waals surface area contributed by atoms with E-state index in [1.807, 2.05) is 31.2 Å². The third-order valence-electron chi connectivity index (χ3n) is 6.16. The molecule has 1 saturated carbocycles. The van der Waals surface area contributed by atoms with E-state index >= 15 is 0 Å². The highest BCUT2D eigenvalue weighted by Crippen LogP contribution is 2.32. The normalized spacial score (nSPS) is 27.3. The van der Waals surface area contributed by atoms with Crippen molar-refractivity contribution in [1.29, 1.82) is 0 Å². The highest BCUT2D eigenvalue weighted by molar-refractivity contribution is 6.04. The molecular formula is C22H30N2O3. The lowest BCUT2D eigenvalue weighted by molar-refractivity contribution is -0.185. The number of hydrogen-bond acceptors (Lipinski definition) is 4. The van der Waals surface area contributed by atoms with Gasteiger partial charge in [0.1, 0.15) is 0 Å². The maximum Gasteiger partial charge on any atom is 0.276 e. The molecule has 3 fully saturated rings. The van der Waals surface area contributed by atoms with Crippen LogP contribution in [0.25, 0.3) is 0 Å². The van der Waals surface area contributed by atoms with E-state index in [0.717, 1.165) is 76.2 Å². The Morgan fingerprint density at radius 1 is 1.15 bits per heavy atom. The molecule has 27 heavy (non-hydrogen) atoms. The van der Waals surface area contributed by atoms with Crippen molar-refractivity contribution in [3.63, 3.8) is 0 Å². The van der Waals surface area contributed by atoms with Crippen LogP contribution < -0.4 is 0 Å². The summed E-state index contributed by atoms with van der Waals surface area (Å²) < 4.78 is 11.7. The molecule has 2 aliphatic heterocycles. The SMILES string of the molecule is Cc1ccc(C(=O)N=C2CCCC[C@H]2CN2CCC3(CC2)OCCO3)cc1. The Morgan fingerprint density at radius 3 is 2.56 bits per heavy atom. The van der Waals surface area contributed by atoms with E-state index in [2.05, 4.69) is 9.89 Å². The van der Waals surface area contributed by atoms with Crippen LogP contribution in [0.1, 0.15) is 54.4 Å². The van der Waals surface area contributed by atoms with Crippen molar-refractivity contribution in [3.05, 3.63) is 35.4 Å². The second kappa shape index (κ2) is 8.21. The number of rotatable bonds is 3. The third kappa shape index (κ3) is 4.48. The summed E-state index contributed by atoms with van der Waals surface area (Å²) in [6, 6.07) is 7.71. The predicted octanol–water partition coefficient (Wildman–Crippen LogP) is 3.61. The van der Waals surface area contributed by atoms with E-state index in [0.29, 0.717) is 11.5 Å². The summed E-state index contributed by atoms with van der Waals surface area (Å²) in [6.45, 7) is 6.46. The lowest BCUT2D eigenvalue weighted by Crippen LogP contribution is -2.47. The minimum atomic E-state index is -0.318. The fraction of sp³-hybridized carbons (Fsp3) is 0.636. The first-order valence-corrected chi connectivity index (χ1v) is 10.3. The van der Waals surface area contributed by atoms with E-state index in [9.17, 15) is 4.79 Å². The van der Waals surface area contributed by atoms with Crippen molar-refractivity contribution < 1.29 is 14.3 Å². The van der Waals surface area contributed by atoms with Gasteiger partial charge in [-0.3, -0.25) is 4.79 Å². The molecule has 0 bridgehead atoms. The van der Waals surface area contributed by atoms with Crippen molar-refractivity contribution in [1.82, 2.24) is 4.90 Å². The maximum absolute atomic E-state index is 12.6. The van der Waals surface area contributed by atoms with Gasteiger partial charge in [-0.25, -0.2) is 4.99 Å². The van der Waals surface area contributed by atoms with Gasteiger partial charge in [-0.15, -0.1) is 0 Å². The van der Waals surface area contributed by atoms with Crippen LogP contribution in [0, 0.1) is 12.8 Å². The average Bonchev–Trinajstić information content (AvgIpc) is 3.14. The molecule has 2 saturated heterocycles. The molecule has 0 aromatic heterocycles. The van der Waals surface area contributed by atoms with Crippen molar-refractivity contribution in [2.24, 2.45) is 10.9 Å². The number of ether oxygens (including phenoxy) is 2. The smallest absolute Gasteiger partial charge is 0.276 e. The highest BCUT2D eigenvalue weighted by atomic mass is 16.7. The Morgan fingerprint density at radius 2 is 1.85 bits per heavy atom. The highest BCUT2D eigenvalue weighted by Gasteiger charge is 2.40. The summed E-state index contributed by atoms with van der Waals surface area (Å²) in [4.78, 5) is 19.7. The van der Waals surface area contributed by atoms with Crippen LogP contribution in [-0.4, -0.2) is 55.2 Å². The zero-order valence-electron chi connectivity index (χ0n) is 16.3. The second-order valence-electron chi connectivity index (χ2n) is 8.13. The molecule has 1 spiro atoms. The third-order valence-corrected chi connectivity index (χ3v) is 6.16. The fourth-order valence-electron chi connectivity index (χ4n) is 4.48. The number of aryl methyl sites for hydroxylation is 1. The lowest BCUT2D eigenvalue weighted by atomic mass is 9.86. The van der Waals surface area contributed by atoms with E-state index in [4.69, 9.17) is 9.47 Å². The van der Waals surface area contributed by atoms with Gasteiger partial charge in [0.25, 0.3) is 5.91 Å². The van der Waals surface area contributed by atoms with Gasteiger partial charge in [0.15, 0.2) is 5.79 Å². The molecule has 1 aromatic carbocycles. The van der Waals surface area contributed by atoms with Crippen molar-refractivity contribution in [3.8, 4) is 0 Å². The molecule has 1 aromatic rings. The Bertz CT molecular complexity index is 682. The number of nitrogens with zero attached hydrogens (tertiary/aromatic N) is 2. The standard InChI is InChI=1S/C22H30N2O3/c1-17-6-8-18(9-7-17)21(25)23-20-5-3-2-4-19(20)16-24-12-10-22(11-13-24)26-14-15-27-22/h6-9,19H,2-5,10-16H2,1H3/t19-/m0/s1. The van der Waals surface area contributed by atoms with Gasteiger partial charge in [-0.2, -0.15) is 0 Å². The van der Waals surface area contributed by atoms with Crippen LogP contribution in [0.5, 0.6) is 0 Å². The van der Waals surface area contributed by atoms with Gasteiger partial charge in [0.2, 0.25) is 0 Å². The zero-order valence-corrected chi connectivity index (χ0v) is 16.3. The number of carbonyl (C=O) groups excluding carboxylic acids is 1. The molecule has 1 amide bonds. The Kier molecular flexibility index (Phi) is 5.71. The van der Waals surface area contributed by atoms with Crippen LogP contribution in [0.2, 0.25) is 0 Å². The Balaban J connectivity index is 1.39. The van der Waals surface area contributed by atoms with Crippen molar-refractivity contribution in [2.75, 3.05) is 32.8 Å². The molecule has 0 N–H and O–H groups in total. The van der Waals surface area contributed by atoms with E-state index < -0.39 is 0 Å². The summed E-state index contributed by atoms with van der Waals surface area (Å²) in [5.41, 5.74) is 2.95. The Hall–Kier alpha value is -1.56. The molecular weight excluding hydrogens is 340 g/mol. The van der Waals surface area contributed by atoms with Crippen LogP contribution >= 0.6 is 0 Å². The number of hydrogen-bond donors (Lipinski definition) is 0. The van der Waals surface area contributed by atoms with Crippen LogP contribution in [-0.2, 0) is 9.47 Å². The first-order chi connectivity index (χ1) is 13.1. The fourth-order valence-corrected chi connectivity index (χ4v) is 4.48. The van der Waals surface area contributed by atoms with E-state index in [1.54, 1.807) is 0 Å². The van der Waals surface area contributed by atoms with Crippen LogP contribution in [0.4, 0.5) is 0 Å². The minimum Gasteiger partial charge on any atom is -0.347 e. The van der Waals surface area contributed by atoms with Gasteiger partial charge < -0.3 is 14.4 Å². The molecule has 3 aliphatic rings. The van der Waals surface area contributed by atoms with Crippen molar-refractivity contribution in [2.45, 2.75) is 51.2 Å². The number of carbonyl (C=O) groups is 1. The first-order valence-electron chi connectivity index (χ1n) is 10.3. The first kappa shape index (κ1) is 18.8. The van der Waals surface area contributed by atoms with Crippen LogP contribution in [0.3, 0.4) is 0 Å². The quantitative estimate of drug-likeness (QED) is 0.816. The number of benzene rings is 1. The molecule has 0 unspecified atom stereocenters. The Labute approximate surface area is 161 Å². The second-order valence-corrected chi connectivity index (χ2v) is 8.13. The molecule has 1 atom stereocenters. The number of amides is 1. The topological polar surface area (TPSA) is 51.1 Å². The van der Waals surface area contributed by atoms with Gasteiger partial charge >= 0.3 is 0 Å². The number of piperidine rings is 1. The van der Waals surface area contributed by atoms with Crippen LogP contribution in [0.15, 0.2) is 29.3 Å². The van der Waals surface area contributed by atoms with Gasteiger partial charge in [0, 0.05) is 49.7 Å². The van der Waals surface area contributed by atoms with Gasteiger partial charge in [-0.1, -0.05) is 24.1 Å². The minimum absolute atomic E-state index is 0.0951. The van der Waals surface area contributed by atoms with E-state index in [-0.39, 0.29) is 11.7 Å². The molecule has 5 nitrogen and oxygen atoms in total. The molecule has 2 heterocycles. The molecule has 146 valence electrons. The van der Waals surface area contributed by atoms with E-state index in [1.165, 1.54) is 6.42 Å². The summed E-state index contributed by atoms with van der Waals surface area (Å²) in [6.07, 6.45) is 6.33. The number of aliphatic imine (C=N–C) groups is 1. The molecule has 1 aliphatic carbocycles. The lowest BCUT2D eigenvalue weighted by Gasteiger charge is -2.39. The van der Waals surface area contributed by atoms with Gasteiger partial charge in [-0.05, 0) is 38.3 Å². The predicted molar refractivity (Wildman–Crippen MR) is 105 cm³/mol.